The fourth-order valence-electron chi connectivity index (χ4n) is 3.83. The maximum Gasteiger partial charge on any atom is 0.290 e. The van der Waals surface area contributed by atoms with E-state index in [0.29, 0.717) is 13.0 Å². The van der Waals surface area contributed by atoms with E-state index < -0.39 is 23.5 Å². The standard InChI is InChI=1S/C25H23NO4/c1-2-17-10-12-19(13-11-17)22-21(23(27)20-9-6-16-30-20)24(28)25(29)26(22)15-14-18-7-4-3-5-8-18/h3-13,16,22,28H,2,14-15H2,1H3. The zero-order valence-electron chi connectivity index (χ0n) is 16.7. The van der Waals surface area contributed by atoms with Gasteiger partial charge in [0.1, 0.15) is 0 Å². The molecule has 152 valence electrons. The maximum absolute atomic E-state index is 13.1. The average Bonchev–Trinajstić information content (AvgIpc) is 3.41. The van der Waals surface area contributed by atoms with Crippen LogP contribution in [0.2, 0.25) is 0 Å². The summed E-state index contributed by atoms with van der Waals surface area (Å²) in [7, 11) is 0. The smallest absolute Gasteiger partial charge is 0.290 e. The molecule has 1 N–H and O–H groups in total. The van der Waals surface area contributed by atoms with E-state index in [9.17, 15) is 14.7 Å². The molecule has 1 atom stereocenters. The highest BCUT2D eigenvalue weighted by molar-refractivity contribution is 6.15. The molecule has 1 aromatic heterocycles. The molecule has 0 saturated heterocycles. The molecule has 0 bridgehead atoms. The van der Waals surface area contributed by atoms with Crippen LogP contribution in [0, 0.1) is 0 Å². The van der Waals surface area contributed by atoms with Gasteiger partial charge in [-0.05, 0) is 41.7 Å². The first-order chi connectivity index (χ1) is 14.6. The van der Waals surface area contributed by atoms with Crippen molar-refractivity contribution >= 4 is 11.7 Å². The molecule has 0 aliphatic carbocycles. The third-order valence-corrected chi connectivity index (χ3v) is 5.48. The van der Waals surface area contributed by atoms with Crippen molar-refractivity contribution in [1.82, 2.24) is 4.90 Å². The molecule has 1 amide bonds. The largest absolute Gasteiger partial charge is 0.503 e. The highest BCUT2D eigenvalue weighted by Gasteiger charge is 2.44. The van der Waals surface area contributed by atoms with Gasteiger partial charge in [-0.2, -0.15) is 0 Å². The minimum absolute atomic E-state index is 0.0623. The van der Waals surface area contributed by atoms with Gasteiger partial charge in [0.2, 0.25) is 5.78 Å². The molecule has 0 spiro atoms. The third kappa shape index (κ3) is 3.66. The number of benzene rings is 2. The summed E-state index contributed by atoms with van der Waals surface area (Å²) in [5, 5.41) is 10.7. The van der Waals surface area contributed by atoms with E-state index in [1.807, 2.05) is 54.6 Å². The van der Waals surface area contributed by atoms with Crippen LogP contribution in [0.5, 0.6) is 0 Å². The summed E-state index contributed by atoms with van der Waals surface area (Å²) >= 11 is 0. The molecule has 2 aromatic carbocycles. The Labute approximate surface area is 175 Å². The first-order valence-electron chi connectivity index (χ1n) is 10.0. The number of aliphatic hydroxyl groups is 1. The van der Waals surface area contributed by atoms with Crippen LogP contribution in [0.1, 0.15) is 40.2 Å². The van der Waals surface area contributed by atoms with Crippen molar-refractivity contribution in [2.24, 2.45) is 0 Å². The summed E-state index contributed by atoms with van der Waals surface area (Å²) in [5.74, 6) is -1.42. The fourth-order valence-corrected chi connectivity index (χ4v) is 3.83. The Kier molecular flexibility index (Phi) is 5.53. The van der Waals surface area contributed by atoms with Crippen LogP contribution in [0.4, 0.5) is 0 Å². The molecule has 2 heterocycles. The van der Waals surface area contributed by atoms with Crippen molar-refractivity contribution in [1.29, 1.82) is 0 Å². The molecule has 5 nitrogen and oxygen atoms in total. The molecule has 1 aliphatic rings. The second-order valence-electron chi connectivity index (χ2n) is 7.30. The van der Waals surface area contributed by atoms with Gasteiger partial charge in [-0.25, -0.2) is 0 Å². The van der Waals surface area contributed by atoms with Gasteiger partial charge in [0.15, 0.2) is 11.5 Å². The first-order valence-corrected chi connectivity index (χ1v) is 10.0. The minimum atomic E-state index is -0.662. The van der Waals surface area contributed by atoms with Crippen LogP contribution < -0.4 is 0 Å². The highest BCUT2D eigenvalue weighted by Crippen LogP contribution is 2.39. The summed E-state index contributed by atoms with van der Waals surface area (Å²) in [4.78, 5) is 27.6. The summed E-state index contributed by atoms with van der Waals surface area (Å²) in [6.07, 6.45) is 2.91. The molecule has 1 unspecified atom stereocenters. The van der Waals surface area contributed by atoms with E-state index in [0.717, 1.165) is 23.1 Å². The van der Waals surface area contributed by atoms with E-state index in [1.54, 1.807) is 11.0 Å². The molecule has 1 aliphatic heterocycles. The molecular weight excluding hydrogens is 378 g/mol. The number of rotatable bonds is 7. The second kappa shape index (κ2) is 8.41. The normalized spacial score (nSPS) is 16.4. The number of aliphatic hydroxyl groups excluding tert-OH is 1. The Morgan fingerprint density at radius 2 is 1.73 bits per heavy atom. The Balaban J connectivity index is 1.71. The fraction of sp³-hybridized carbons (Fsp3) is 0.200. The Hall–Kier alpha value is -3.60. The lowest BCUT2D eigenvalue weighted by Gasteiger charge is -2.27. The van der Waals surface area contributed by atoms with Gasteiger partial charge in [0.05, 0.1) is 17.9 Å². The number of ketones is 1. The minimum Gasteiger partial charge on any atom is -0.503 e. The number of nitrogens with zero attached hydrogens (tertiary/aromatic N) is 1. The molecule has 4 rings (SSSR count). The van der Waals surface area contributed by atoms with Crippen LogP contribution in [0.15, 0.2) is 88.7 Å². The molecule has 0 fully saturated rings. The Bertz CT molecular complexity index is 1070. The lowest BCUT2D eigenvalue weighted by Crippen LogP contribution is -2.33. The number of hydrogen-bond donors (Lipinski definition) is 1. The van der Waals surface area contributed by atoms with Crippen LogP contribution in [-0.4, -0.2) is 28.2 Å². The topological polar surface area (TPSA) is 70.7 Å². The van der Waals surface area contributed by atoms with Crippen molar-refractivity contribution in [3.8, 4) is 0 Å². The van der Waals surface area contributed by atoms with Crippen LogP contribution in [0.3, 0.4) is 0 Å². The number of furan rings is 1. The molecule has 30 heavy (non-hydrogen) atoms. The molecular formula is C25H23NO4. The third-order valence-electron chi connectivity index (χ3n) is 5.48. The average molecular weight is 401 g/mol. The van der Waals surface area contributed by atoms with Gasteiger partial charge in [0.25, 0.3) is 5.91 Å². The number of Topliss-reactive ketones (excluding diaryl/α,β-unsaturated/α-hetero) is 1. The predicted molar refractivity (Wildman–Crippen MR) is 113 cm³/mol. The van der Waals surface area contributed by atoms with Crippen molar-refractivity contribution < 1.29 is 19.1 Å². The van der Waals surface area contributed by atoms with E-state index in [2.05, 4.69) is 6.92 Å². The van der Waals surface area contributed by atoms with Crippen LogP contribution >= 0.6 is 0 Å². The SMILES string of the molecule is CCc1ccc(C2C(C(=O)c3ccco3)=C(O)C(=O)N2CCc2ccccc2)cc1. The van der Waals surface area contributed by atoms with Gasteiger partial charge in [-0.15, -0.1) is 0 Å². The van der Waals surface area contributed by atoms with Crippen molar-refractivity contribution in [3.05, 3.63) is 107 Å². The zero-order valence-corrected chi connectivity index (χ0v) is 16.7. The summed E-state index contributed by atoms with van der Waals surface area (Å²) in [6.45, 7) is 2.44. The van der Waals surface area contributed by atoms with Gasteiger partial charge in [0, 0.05) is 6.54 Å². The lowest BCUT2D eigenvalue weighted by molar-refractivity contribution is -0.129. The lowest BCUT2D eigenvalue weighted by atomic mass is 9.94. The first kappa shape index (κ1) is 19.7. The number of carbonyl (C=O) groups excluding carboxylic acids is 2. The van der Waals surface area contributed by atoms with Crippen LogP contribution in [-0.2, 0) is 17.6 Å². The van der Waals surface area contributed by atoms with Gasteiger partial charge in [-0.1, -0.05) is 61.5 Å². The van der Waals surface area contributed by atoms with E-state index in [-0.39, 0.29) is 11.3 Å². The molecule has 0 saturated carbocycles. The van der Waals surface area contributed by atoms with Crippen molar-refractivity contribution in [2.75, 3.05) is 6.54 Å². The Morgan fingerprint density at radius 1 is 1.00 bits per heavy atom. The summed E-state index contributed by atoms with van der Waals surface area (Å²) in [6, 6.07) is 20.1. The van der Waals surface area contributed by atoms with Gasteiger partial charge < -0.3 is 14.4 Å². The number of amides is 1. The van der Waals surface area contributed by atoms with Gasteiger partial charge >= 0.3 is 0 Å². The van der Waals surface area contributed by atoms with Crippen molar-refractivity contribution in [2.45, 2.75) is 25.8 Å². The molecule has 0 radical (unpaired) electrons. The van der Waals surface area contributed by atoms with Crippen molar-refractivity contribution in [3.63, 3.8) is 0 Å². The monoisotopic (exact) mass is 401 g/mol. The Morgan fingerprint density at radius 3 is 2.37 bits per heavy atom. The summed E-state index contributed by atoms with van der Waals surface area (Å²) < 4.78 is 5.25. The summed E-state index contributed by atoms with van der Waals surface area (Å²) in [5.41, 5.74) is 3.08. The second-order valence-corrected chi connectivity index (χ2v) is 7.30. The van der Waals surface area contributed by atoms with E-state index in [4.69, 9.17) is 4.42 Å². The molecule has 5 heteroatoms. The number of aryl methyl sites for hydroxylation is 1. The maximum atomic E-state index is 13.1. The highest BCUT2D eigenvalue weighted by atomic mass is 16.3. The number of carbonyl (C=O) groups is 2. The quantitative estimate of drug-likeness (QED) is 0.585. The van der Waals surface area contributed by atoms with Gasteiger partial charge in [-0.3, -0.25) is 9.59 Å². The zero-order chi connectivity index (χ0) is 21.1. The predicted octanol–water partition coefficient (Wildman–Crippen LogP) is 4.66. The van der Waals surface area contributed by atoms with Crippen LogP contribution in [0.25, 0.3) is 0 Å². The van der Waals surface area contributed by atoms with E-state index in [1.165, 1.54) is 12.3 Å². The number of hydrogen-bond acceptors (Lipinski definition) is 4. The molecule has 3 aromatic rings. The van der Waals surface area contributed by atoms with E-state index >= 15 is 0 Å².